The maximum absolute atomic E-state index is 12.7. The van der Waals surface area contributed by atoms with Gasteiger partial charge in [0.1, 0.15) is 0 Å². The van der Waals surface area contributed by atoms with Gasteiger partial charge in [0.2, 0.25) is 5.91 Å². The lowest BCUT2D eigenvalue weighted by atomic mass is 9.67. The first-order valence-corrected chi connectivity index (χ1v) is 8.30. The van der Waals surface area contributed by atoms with Crippen LogP contribution in [0.1, 0.15) is 57.8 Å². The monoisotopic (exact) mass is 264 g/mol. The molecule has 0 aromatic carbocycles. The van der Waals surface area contributed by atoms with Crippen LogP contribution in [0.15, 0.2) is 0 Å². The average Bonchev–Trinajstić information content (AvgIpc) is 2.94. The predicted octanol–water partition coefficient (Wildman–Crippen LogP) is 2.54. The quantitative estimate of drug-likeness (QED) is 0.833. The fourth-order valence-electron chi connectivity index (χ4n) is 4.70. The van der Waals surface area contributed by atoms with Gasteiger partial charge in [0, 0.05) is 25.0 Å². The molecule has 3 heteroatoms. The molecule has 3 fully saturated rings. The zero-order valence-electron chi connectivity index (χ0n) is 12.0. The Hall–Kier alpha value is -0.570. The summed E-state index contributed by atoms with van der Waals surface area (Å²) in [5.41, 5.74) is 5.80. The van der Waals surface area contributed by atoms with E-state index in [1.165, 1.54) is 32.1 Å². The number of hydrogen-bond acceptors (Lipinski definition) is 2. The summed E-state index contributed by atoms with van der Waals surface area (Å²) in [5, 5.41) is 0. The van der Waals surface area contributed by atoms with Crippen LogP contribution in [0, 0.1) is 17.8 Å². The van der Waals surface area contributed by atoms with Gasteiger partial charge < -0.3 is 10.6 Å². The normalized spacial score (nSPS) is 39.1. The largest absolute Gasteiger partial charge is 0.338 e. The number of likely N-dealkylation sites (tertiary alicyclic amines) is 1. The summed E-state index contributed by atoms with van der Waals surface area (Å²) in [4.78, 5) is 14.8. The Morgan fingerprint density at radius 1 is 1.00 bits per heavy atom. The highest BCUT2D eigenvalue weighted by atomic mass is 16.2. The number of rotatable bonds is 2. The first-order valence-electron chi connectivity index (χ1n) is 8.30. The molecule has 0 spiro atoms. The van der Waals surface area contributed by atoms with E-state index in [-0.39, 0.29) is 0 Å². The maximum Gasteiger partial charge on any atom is 0.225 e. The zero-order valence-corrected chi connectivity index (χ0v) is 12.0. The van der Waals surface area contributed by atoms with Crippen molar-refractivity contribution in [2.24, 2.45) is 23.5 Å². The third-order valence-corrected chi connectivity index (χ3v) is 5.82. The van der Waals surface area contributed by atoms with Gasteiger partial charge in [0.25, 0.3) is 0 Å². The van der Waals surface area contributed by atoms with Crippen LogP contribution in [-0.2, 0) is 4.79 Å². The molecule has 2 saturated carbocycles. The molecule has 3 nitrogen and oxygen atoms in total. The standard InChI is InChI=1S/C16H28N2O/c17-11-15-6-3-9-18(15)16(19)14-8-7-12-4-1-2-5-13(12)10-14/h12-15H,1-11,17H2. The van der Waals surface area contributed by atoms with E-state index in [1.54, 1.807) is 0 Å². The van der Waals surface area contributed by atoms with E-state index in [1.807, 2.05) is 0 Å². The van der Waals surface area contributed by atoms with Gasteiger partial charge in [0.15, 0.2) is 0 Å². The highest BCUT2D eigenvalue weighted by molar-refractivity contribution is 5.79. The van der Waals surface area contributed by atoms with Crippen molar-refractivity contribution in [2.75, 3.05) is 13.1 Å². The molecule has 3 aliphatic rings. The Bertz CT molecular complexity index is 331. The molecule has 108 valence electrons. The molecule has 4 atom stereocenters. The van der Waals surface area contributed by atoms with E-state index in [0.717, 1.165) is 44.1 Å². The fraction of sp³-hybridized carbons (Fsp3) is 0.938. The van der Waals surface area contributed by atoms with E-state index in [9.17, 15) is 4.79 Å². The van der Waals surface area contributed by atoms with Crippen molar-refractivity contribution in [1.82, 2.24) is 4.90 Å². The Morgan fingerprint density at radius 2 is 1.79 bits per heavy atom. The first-order chi connectivity index (χ1) is 9.29. The van der Waals surface area contributed by atoms with Crippen LogP contribution in [-0.4, -0.2) is 29.9 Å². The van der Waals surface area contributed by atoms with Gasteiger partial charge in [-0.1, -0.05) is 25.7 Å². The lowest BCUT2D eigenvalue weighted by Gasteiger charge is -2.40. The molecule has 1 aliphatic heterocycles. The van der Waals surface area contributed by atoms with Crippen molar-refractivity contribution in [2.45, 2.75) is 63.8 Å². The van der Waals surface area contributed by atoms with Crippen LogP contribution >= 0.6 is 0 Å². The Labute approximate surface area is 116 Å². The topological polar surface area (TPSA) is 46.3 Å². The second-order valence-corrected chi connectivity index (χ2v) is 6.88. The highest BCUT2D eigenvalue weighted by Gasteiger charge is 2.38. The summed E-state index contributed by atoms with van der Waals surface area (Å²) < 4.78 is 0. The van der Waals surface area contributed by atoms with E-state index in [2.05, 4.69) is 4.90 Å². The molecule has 1 saturated heterocycles. The van der Waals surface area contributed by atoms with Gasteiger partial charge in [-0.3, -0.25) is 4.79 Å². The summed E-state index contributed by atoms with van der Waals surface area (Å²) in [6.45, 7) is 1.59. The molecule has 0 aromatic heterocycles. The SMILES string of the molecule is NCC1CCCN1C(=O)C1CCC2CCCCC2C1. The number of hydrogen-bond donors (Lipinski definition) is 1. The van der Waals surface area contributed by atoms with Gasteiger partial charge in [-0.25, -0.2) is 0 Å². The third-order valence-electron chi connectivity index (χ3n) is 5.82. The first kappa shape index (κ1) is 13.4. The van der Waals surface area contributed by atoms with Gasteiger partial charge in [-0.2, -0.15) is 0 Å². The molecule has 1 amide bonds. The average molecular weight is 264 g/mol. The van der Waals surface area contributed by atoms with Gasteiger partial charge in [-0.15, -0.1) is 0 Å². The summed E-state index contributed by atoms with van der Waals surface area (Å²) in [6.07, 6.45) is 11.4. The third kappa shape index (κ3) is 2.67. The molecule has 4 unspecified atom stereocenters. The van der Waals surface area contributed by atoms with Crippen LogP contribution in [0.25, 0.3) is 0 Å². The molecule has 2 N–H and O–H groups in total. The van der Waals surface area contributed by atoms with Crippen molar-refractivity contribution in [3.63, 3.8) is 0 Å². The minimum atomic E-state index is 0.312. The predicted molar refractivity (Wildman–Crippen MR) is 76.6 cm³/mol. The Balaban J connectivity index is 1.61. The molecule has 0 radical (unpaired) electrons. The number of nitrogens with two attached hydrogens (primary N) is 1. The number of amides is 1. The van der Waals surface area contributed by atoms with Crippen molar-refractivity contribution >= 4 is 5.91 Å². The lowest BCUT2D eigenvalue weighted by molar-refractivity contribution is -0.138. The van der Waals surface area contributed by atoms with Crippen molar-refractivity contribution in [3.8, 4) is 0 Å². The number of nitrogens with zero attached hydrogens (tertiary/aromatic N) is 1. The van der Waals surface area contributed by atoms with Gasteiger partial charge in [0.05, 0.1) is 0 Å². The van der Waals surface area contributed by atoms with E-state index in [0.29, 0.717) is 24.4 Å². The summed E-state index contributed by atoms with van der Waals surface area (Å²) in [6, 6.07) is 0.330. The maximum atomic E-state index is 12.7. The van der Waals surface area contributed by atoms with Gasteiger partial charge >= 0.3 is 0 Å². The van der Waals surface area contributed by atoms with Crippen LogP contribution in [0.3, 0.4) is 0 Å². The van der Waals surface area contributed by atoms with Crippen LogP contribution < -0.4 is 5.73 Å². The Kier molecular flexibility index (Phi) is 4.11. The van der Waals surface area contributed by atoms with Crippen molar-refractivity contribution < 1.29 is 4.79 Å². The Morgan fingerprint density at radius 3 is 2.58 bits per heavy atom. The lowest BCUT2D eigenvalue weighted by Crippen LogP contribution is -2.45. The second kappa shape index (κ2) is 5.82. The minimum Gasteiger partial charge on any atom is -0.338 e. The minimum absolute atomic E-state index is 0.312. The molecule has 1 heterocycles. The number of fused-ring (bicyclic) bond motifs is 1. The number of carbonyl (C=O) groups is 1. The molecule has 2 aliphatic carbocycles. The molecule has 3 rings (SSSR count). The highest BCUT2D eigenvalue weighted by Crippen LogP contribution is 2.43. The fourth-order valence-corrected chi connectivity index (χ4v) is 4.70. The van der Waals surface area contributed by atoms with Crippen LogP contribution in [0.4, 0.5) is 0 Å². The second-order valence-electron chi connectivity index (χ2n) is 6.88. The molecule has 19 heavy (non-hydrogen) atoms. The molecule has 0 aromatic rings. The molecular formula is C16H28N2O. The molecule has 0 bridgehead atoms. The van der Waals surface area contributed by atoms with Crippen molar-refractivity contribution in [3.05, 3.63) is 0 Å². The molecular weight excluding hydrogens is 236 g/mol. The summed E-state index contributed by atoms with van der Waals surface area (Å²) >= 11 is 0. The zero-order chi connectivity index (χ0) is 13.2. The van der Waals surface area contributed by atoms with Crippen LogP contribution in [0.5, 0.6) is 0 Å². The van der Waals surface area contributed by atoms with E-state index in [4.69, 9.17) is 5.73 Å². The van der Waals surface area contributed by atoms with Crippen molar-refractivity contribution in [1.29, 1.82) is 0 Å². The smallest absolute Gasteiger partial charge is 0.225 e. The summed E-state index contributed by atoms with van der Waals surface area (Å²) in [7, 11) is 0. The van der Waals surface area contributed by atoms with Gasteiger partial charge in [-0.05, 0) is 43.9 Å². The van der Waals surface area contributed by atoms with E-state index < -0.39 is 0 Å². The summed E-state index contributed by atoms with van der Waals surface area (Å²) in [5.74, 6) is 2.51. The number of carbonyl (C=O) groups excluding carboxylic acids is 1. The van der Waals surface area contributed by atoms with Crippen LogP contribution in [0.2, 0.25) is 0 Å². The van der Waals surface area contributed by atoms with E-state index >= 15 is 0 Å².